The van der Waals surface area contributed by atoms with E-state index < -0.39 is 0 Å². The van der Waals surface area contributed by atoms with E-state index in [1.165, 1.54) is 6.07 Å². The Bertz CT molecular complexity index is 340. The minimum atomic E-state index is -0.353. The normalized spacial score (nSPS) is 13.7. The molecule has 0 fully saturated rings. The number of nitrogens with zero attached hydrogens (tertiary/aromatic N) is 1. The van der Waals surface area contributed by atoms with Crippen molar-refractivity contribution in [3.63, 3.8) is 0 Å². The zero-order valence-electron chi connectivity index (χ0n) is 6.11. The molecule has 0 bridgehead atoms. The van der Waals surface area contributed by atoms with E-state index in [9.17, 15) is 10.1 Å². The van der Waals surface area contributed by atoms with Gasteiger partial charge in [-0.1, -0.05) is 0 Å². The number of rotatable bonds is 1. The summed E-state index contributed by atoms with van der Waals surface area (Å²) in [5.74, 6) is 0. The van der Waals surface area contributed by atoms with E-state index in [-0.39, 0.29) is 10.6 Å². The van der Waals surface area contributed by atoms with Gasteiger partial charge in [0.2, 0.25) is 0 Å². The van der Waals surface area contributed by atoms with Crippen LogP contribution in [0.25, 0.3) is 0 Å². The third kappa shape index (κ3) is 1.17. The van der Waals surface area contributed by atoms with Crippen molar-refractivity contribution in [3.8, 4) is 0 Å². The average Bonchev–Trinajstić information content (AvgIpc) is 2.49. The molecule has 2 rings (SSSR count). The van der Waals surface area contributed by atoms with Gasteiger partial charge >= 0.3 is 74.8 Å². The Labute approximate surface area is 75.3 Å². The van der Waals surface area contributed by atoms with Crippen molar-refractivity contribution in [1.29, 1.82) is 0 Å². The third-order valence-corrected chi connectivity index (χ3v) is 3.63. The first kappa shape index (κ1) is 7.58. The van der Waals surface area contributed by atoms with Crippen molar-refractivity contribution >= 4 is 30.8 Å². The molecule has 5 heteroatoms. The van der Waals surface area contributed by atoms with Crippen LogP contribution in [0.2, 0.25) is 0 Å². The molecule has 0 saturated heterocycles. The summed E-state index contributed by atoms with van der Waals surface area (Å²) in [6.45, 7) is 0. The molecule has 4 nitrogen and oxygen atoms in total. The van der Waals surface area contributed by atoms with Gasteiger partial charge in [0.15, 0.2) is 0 Å². The van der Waals surface area contributed by atoms with Gasteiger partial charge in [0.1, 0.15) is 0 Å². The van der Waals surface area contributed by atoms with E-state index in [1.807, 2.05) is 0 Å². The SMILES string of the molecule is O=[N+]([O-])c1ccc2c(c1)[Se]CN2. The monoisotopic (exact) mass is 230 g/mol. The van der Waals surface area contributed by atoms with Crippen molar-refractivity contribution in [1.82, 2.24) is 0 Å². The van der Waals surface area contributed by atoms with Crippen molar-refractivity contribution < 1.29 is 4.92 Å². The van der Waals surface area contributed by atoms with E-state index in [0.717, 1.165) is 15.6 Å². The molecule has 0 spiro atoms. The summed E-state index contributed by atoms with van der Waals surface area (Å²) in [6.07, 6.45) is 0. The van der Waals surface area contributed by atoms with E-state index in [1.54, 1.807) is 12.1 Å². The number of hydrogen-bond donors (Lipinski definition) is 1. The minimum absolute atomic E-state index is 0.194. The summed E-state index contributed by atoms with van der Waals surface area (Å²) < 4.78 is 1.11. The van der Waals surface area contributed by atoms with E-state index >= 15 is 0 Å². The fourth-order valence-corrected chi connectivity index (χ4v) is 2.93. The Morgan fingerprint density at radius 3 is 3.17 bits per heavy atom. The molecule has 1 aliphatic rings. The van der Waals surface area contributed by atoms with Crippen molar-refractivity contribution in [2.75, 3.05) is 10.8 Å². The summed E-state index contributed by atoms with van der Waals surface area (Å²) in [6, 6.07) is 4.98. The zero-order valence-corrected chi connectivity index (χ0v) is 7.82. The van der Waals surface area contributed by atoms with E-state index in [4.69, 9.17) is 0 Å². The van der Waals surface area contributed by atoms with Crippen LogP contribution < -0.4 is 9.78 Å². The van der Waals surface area contributed by atoms with E-state index in [0.29, 0.717) is 15.0 Å². The number of nitro benzene ring substituents is 1. The molecular weight excluding hydrogens is 223 g/mol. The van der Waals surface area contributed by atoms with Gasteiger partial charge < -0.3 is 0 Å². The molecule has 1 aromatic rings. The maximum atomic E-state index is 10.4. The molecule has 1 N–H and O–H groups in total. The number of hydrogen-bond acceptors (Lipinski definition) is 3. The van der Waals surface area contributed by atoms with Gasteiger partial charge in [-0.25, -0.2) is 0 Å². The zero-order chi connectivity index (χ0) is 8.55. The second-order valence-electron chi connectivity index (χ2n) is 2.40. The number of fused-ring (bicyclic) bond motifs is 1. The molecule has 0 unspecified atom stereocenters. The van der Waals surface area contributed by atoms with Crippen LogP contribution in [-0.4, -0.2) is 25.3 Å². The van der Waals surface area contributed by atoms with E-state index in [2.05, 4.69) is 5.32 Å². The number of anilines is 1. The Kier molecular flexibility index (Phi) is 1.75. The Hall–Kier alpha value is -1.06. The first-order chi connectivity index (χ1) is 5.77. The maximum absolute atomic E-state index is 10.4. The Morgan fingerprint density at radius 2 is 2.42 bits per heavy atom. The molecule has 0 radical (unpaired) electrons. The number of benzene rings is 1. The summed E-state index contributed by atoms with van der Waals surface area (Å²) in [5, 5.41) is 13.6. The standard InChI is InChI=1S/C7H6N2O2Se/c10-9(11)5-1-2-6-7(3-5)12-4-8-6/h1-3,8H,4H2. The van der Waals surface area contributed by atoms with Gasteiger partial charge in [0.05, 0.1) is 0 Å². The summed E-state index contributed by atoms with van der Waals surface area (Å²) in [5.41, 5.74) is 2.20. The molecule has 1 aliphatic heterocycles. The van der Waals surface area contributed by atoms with Crippen LogP contribution in [0.3, 0.4) is 0 Å². The van der Waals surface area contributed by atoms with Crippen LogP contribution in [-0.2, 0) is 0 Å². The molecule has 0 amide bonds. The summed E-state index contributed by atoms with van der Waals surface area (Å²) in [7, 11) is 0. The second-order valence-corrected chi connectivity index (χ2v) is 4.54. The van der Waals surface area contributed by atoms with Crippen LogP contribution in [0.15, 0.2) is 18.2 Å². The van der Waals surface area contributed by atoms with Crippen LogP contribution in [0.5, 0.6) is 0 Å². The van der Waals surface area contributed by atoms with Gasteiger partial charge in [0.25, 0.3) is 0 Å². The van der Waals surface area contributed by atoms with Crippen LogP contribution in [0.4, 0.5) is 11.4 Å². The Morgan fingerprint density at radius 1 is 1.58 bits per heavy atom. The molecule has 0 aromatic heterocycles. The molecule has 0 atom stereocenters. The second kappa shape index (κ2) is 2.77. The quantitative estimate of drug-likeness (QED) is 0.428. The van der Waals surface area contributed by atoms with Gasteiger partial charge in [0, 0.05) is 0 Å². The molecule has 62 valence electrons. The van der Waals surface area contributed by atoms with Crippen LogP contribution in [0.1, 0.15) is 0 Å². The number of nitrogens with one attached hydrogen (secondary N) is 1. The molecule has 0 aliphatic carbocycles. The Balaban J connectivity index is 2.45. The summed E-state index contributed by atoms with van der Waals surface area (Å²) in [4.78, 5) is 10.0. The predicted molar refractivity (Wildman–Crippen MR) is 47.0 cm³/mol. The fourth-order valence-electron chi connectivity index (χ4n) is 1.08. The molecule has 1 heterocycles. The first-order valence-electron chi connectivity index (χ1n) is 3.42. The number of nitro groups is 1. The van der Waals surface area contributed by atoms with Gasteiger partial charge in [-0.3, -0.25) is 0 Å². The molecule has 12 heavy (non-hydrogen) atoms. The van der Waals surface area contributed by atoms with Gasteiger partial charge in [-0.2, -0.15) is 0 Å². The fraction of sp³-hybridized carbons (Fsp3) is 0.143. The average molecular weight is 229 g/mol. The van der Waals surface area contributed by atoms with Crippen LogP contribution in [0, 0.1) is 10.1 Å². The topological polar surface area (TPSA) is 55.2 Å². The molecule has 1 aromatic carbocycles. The van der Waals surface area contributed by atoms with Gasteiger partial charge in [-0.15, -0.1) is 0 Å². The summed E-state index contributed by atoms with van der Waals surface area (Å²) >= 11 is 0.362. The van der Waals surface area contributed by atoms with Crippen molar-refractivity contribution in [3.05, 3.63) is 28.3 Å². The third-order valence-electron chi connectivity index (χ3n) is 1.67. The number of non-ortho nitro benzene ring substituents is 1. The van der Waals surface area contributed by atoms with Crippen molar-refractivity contribution in [2.24, 2.45) is 0 Å². The first-order valence-corrected chi connectivity index (χ1v) is 5.49. The van der Waals surface area contributed by atoms with Gasteiger partial charge in [-0.05, 0) is 0 Å². The molecule has 0 saturated carbocycles. The van der Waals surface area contributed by atoms with Crippen molar-refractivity contribution in [2.45, 2.75) is 0 Å². The predicted octanol–water partition coefficient (Wildman–Crippen LogP) is 0.307. The van der Waals surface area contributed by atoms with Crippen LogP contribution >= 0.6 is 0 Å². The molecular formula is C7H6N2O2Se.